The zero-order valence-electron chi connectivity index (χ0n) is 11.6. The maximum atomic E-state index is 11.5. The van der Waals surface area contributed by atoms with Crippen LogP contribution in [0.5, 0.6) is 0 Å². The quantitative estimate of drug-likeness (QED) is 0.651. The first kappa shape index (κ1) is 16.3. The molecule has 0 aliphatic heterocycles. The molecule has 0 saturated carbocycles. The summed E-state index contributed by atoms with van der Waals surface area (Å²) in [5, 5.41) is 5.24. The van der Waals surface area contributed by atoms with Gasteiger partial charge in [-0.15, -0.1) is 11.3 Å². The van der Waals surface area contributed by atoms with Crippen LogP contribution in [0.25, 0.3) is 6.08 Å². The molecule has 114 valence electrons. The van der Waals surface area contributed by atoms with Gasteiger partial charge in [-0.25, -0.2) is 4.79 Å². The van der Waals surface area contributed by atoms with Gasteiger partial charge in [0.2, 0.25) is 0 Å². The van der Waals surface area contributed by atoms with Crippen LogP contribution in [0.15, 0.2) is 47.9 Å². The van der Waals surface area contributed by atoms with E-state index in [0.29, 0.717) is 11.6 Å². The summed E-state index contributed by atoms with van der Waals surface area (Å²) in [5.41, 5.74) is 0.823. The third-order valence-corrected chi connectivity index (χ3v) is 3.80. The van der Waals surface area contributed by atoms with Crippen molar-refractivity contribution in [3.05, 3.63) is 63.3 Å². The standard InChI is InChI=1S/C16H14ClNO3S/c17-13-6-3-12(4-7-13)5-8-16(20)21-11-15(19)18-10-14-2-1-9-22-14/h1-9H,10-11H2,(H,18,19)/b8-5+. The van der Waals surface area contributed by atoms with Crippen LogP contribution >= 0.6 is 22.9 Å². The number of rotatable bonds is 6. The number of hydrogen-bond donors (Lipinski definition) is 1. The molecule has 0 bridgehead atoms. The molecule has 0 atom stereocenters. The van der Waals surface area contributed by atoms with Crippen LogP contribution < -0.4 is 5.32 Å². The minimum Gasteiger partial charge on any atom is -0.452 e. The summed E-state index contributed by atoms with van der Waals surface area (Å²) in [6.07, 6.45) is 2.87. The van der Waals surface area contributed by atoms with Gasteiger partial charge in [-0.2, -0.15) is 0 Å². The molecule has 22 heavy (non-hydrogen) atoms. The van der Waals surface area contributed by atoms with Gasteiger partial charge in [0.1, 0.15) is 0 Å². The van der Waals surface area contributed by atoms with Crippen LogP contribution in [0.2, 0.25) is 5.02 Å². The average Bonchev–Trinajstić information content (AvgIpc) is 3.04. The second-order valence-corrected chi connectivity index (χ2v) is 5.82. The number of carbonyl (C=O) groups is 2. The molecule has 1 aromatic heterocycles. The lowest BCUT2D eigenvalue weighted by atomic mass is 10.2. The summed E-state index contributed by atoms with van der Waals surface area (Å²) < 4.78 is 4.86. The molecular formula is C16H14ClNO3S. The van der Waals surface area contributed by atoms with Gasteiger partial charge in [0, 0.05) is 16.0 Å². The molecule has 1 heterocycles. The summed E-state index contributed by atoms with van der Waals surface area (Å²) in [6.45, 7) is 0.143. The van der Waals surface area contributed by atoms with Gasteiger partial charge in [0.05, 0.1) is 6.54 Å². The van der Waals surface area contributed by atoms with Crippen molar-refractivity contribution in [2.45, 2.75) is 6.54 Å². The van der Waals surface area contributed by atoms with E-state index in [4.69, 9.17) is 16.3 Å². The second kappa shape index (κ2) is 8.36. The van der Waals surface area contributed by atoms with Gasteiger partial charge < -0.3 is 10.1 Å². The lowest BCUT2D eigenvalue weighted by Gasteiger charge is -2.03. The van der Waals surface area contributed by atoms with E-state index >= 15 is 0 Å². The maximum Gasteiger partial charge on any atom is 0.331 e. The normalized spacial score (nSPS) is 10.6. The number of nitrogens with one attached hydrogen (secondary N) is 1. The smallest absolute Gasteiger partial charge is 0.331 e. The minimum atomic E-state index is -0.568. The highest BCUT2D eigenvalue weighted by Gasteiger charge is 2.05. The Hall–Kier alpha value is -2.11. The third-order valence-electron chi connectivity index (χ3n) is 2.67. The van der Waals surface area contributed by atoms with E-state index in [2.05, 4.69) is 5.32 Å². The van der Waals surface area contributed by atoms with Crippen molar-refractivity contribution < 1.29 is 14.3 Å². The van der Waals surface area contributed by atoms with E-state index in [9.17, 15) is 9.59 Å². The Balaban J connectivity index is 1.70. The molecular weight excluding hydrogens is 322 g/mol. The number of ether oxygens (including phenoxy) is 1. The Morgan fingerprint density at radius 1 is 1.23 bits per heavy atom. The molecule has 0 aliphatic rings. The first-order valence-electron chi connectivity index (χ1n) is 6.53. The molecule has 0 radical (unpaired) electrons. The minimum absolute atomic E-state index is 0.296. The predicted octanol–water partition coefficient (Wildman–Crippen LogP) is 3.27. The number of thiophene rings is 1. The van der Waals surface area contributed by atoms with E-state index in [1.807, 2.05) is 17.5 Å². The molecule has 1 amide bonds. The summed E-state index contributed by atoms with van der Waals surface area (Å²) in [7, 11) is 0. The second-order valence-electron chi connectivity index (χ2n) is 4.35. The van der Waals surface area contributed by atoms with Crippen molar-refractivity contribution in [1.82, 2.24) is 5.32 Å². The van der Waals surface area contributed by atoms with Gasteiger partial charge in [-0.05, 0) is 35.2 Å². The number of hydrogen-bond acceptors (Lipinski definition) is 4. The number of benzene rings is 1. The highest BCUT2D eigenvalue weighted by molar-refractivity contribution is 7.09. The molecule has 1 N–H and O–H groups in total. The van der Waals surface area contributed by atoms with E-state index in [1.54, 1.807) is 41.7 Å². The number of esters is 1. The topological polar surface area (TPSA) is 55.4 Å². The summed E-state index contributed by atoms with van der Waals surface area (Å²) >= 11 is 7.32. The first-order chi connectivity index (χ1) is 10.6. The Morgan fingerprint density at radius 3 is 2.68 bits per heavy atom. The van der Waals surface area contributed by atoms with Gasteiger partial charge in [-0.3, -0.25) is 4.79 Å². The van der Waals surface area contributed by atoms with Crippen molar-refractivity contribution in [3.63, 3.8) is 0 Å². The summed E-state index contributed by atoms with van der Waals surface area (Å²) in [4.78, 5) is 24.1. The van der Waals surface area contributed by atoms with E-state index in [1.165, 1.54) is 6.08 Å². The first-order valence-corrected chi connectivity index (χ1v) is 7.79. The van der Waals surface area contributed by atoms with Crippen LogP contribution in [0.4, 0.5) is 0 Å². The van der Waals surface area contributed by atoms with Crippen LogP contribution in [0, 0.1) is 0 Å². The lowest BCUT2D eigenvalue weighted by Crippen LogP contribution is -2.27. The highest BCUT2D eigenvalue weighted by Crippen LogP contribution is 2.10. The average molecular weight is 336 g/mol. The maximum absolute atomic E-state index is 11.5. The third kappa shape index (κ3) is 5.71. The van der Waals surface area contributed by atoms with Gasteiger partial charge in [-0.1, -0.05) is 29.8 Å². The molecule has 0 fully saturated rings. The molecule has 0 aliphatic carbocycles. The lowest BCUT2D eigenvalue weighted by molar-refractivity contribution is -0.143. The Morgan fingerprint density at radius 2 is 2.00 bits per heavy atom. The van der Waals surface area contributed by atoms with Crippen LogP contribution in [0.3, 0.4) is 0 Å². The number of halogens is 1. The Bertz CT molecular complexity index is 651. The van der Waals surface area contributed by atoms with Crippen molar-refractivity contribution in [2.24, 2.45) is 0 Å². The van der Waals surface area contributed by atoms with E-state index in [-0.39, 0.29) is 12.5 Å². The Labute approximate surface area is 137 Å². The van der Waals surface area contributed by atoms with Crippen LogP contribution in [0.1, 0.15) is 10.4 Å². The fourth-order valence-electron chi connectivity index (χ4n) is 1.57. The van der Waals surface area contributed by atoms with Crippen molar-refractivity contribution in [3.8, 4) is 0 Å². The number of amides is 1. The molecule has 0 spiro atoms. The zero-order valence-corrected chi connectivity index (χ0v) is 13.2. The highest BCUT2D eigenvalue weighted by atomic mass is 35.5. The fraction of sp³-hybridized carbons (Fsp3) is 0.125. The van der Waals surface area contributed by atoms with Gasteiger partial charge in [0.15, 0.2) is 6.61 Å². The van der Waals surface area contributed by atoms with Crippen molar-refractivity contribution >= 4 is 40.9 Å². The van der Waals surface area contributed by atoms with Crippen LogP contribution in [-0.2, 0) is 20.9 Å². The molecule has 0 saturated heterocycles. The van der Waals surface area contributed by atoms with Crippen molar-refractivity contribution in [2.75, 3.05) is 6.61 Å². The summed E-state index contributed by atoms with van der Waals surface area (Å²) in [5.74, 6) is -0.900. The number of carbonyl (C=O) groups excluding carboxylic acids is 2. The molecule has 2 aromatic rings. The van der Waals surface area contributed by atoms with E-state index in [0.717, 1.165) is 10.4 Å². The van der Waals surface area contributed by atoms with Crippen molar-refractivity contribution in [1.29, 1.82) is 0 Å². The van der Waals surface area contributed by atoms with E-state index < -0.39 is 5.97 Å². The molecule has 2 rings (SSSR count). The zero-order chi connectivity index (χ0) is 15.8. The molecule has 0 unspecified atom stereocenters. The SMILES string of the molecule is O=C(COC(=O)/C=C/c1ccc(Cl)cc1)NCc1cccs1. The Kier molecular flexibility index (Phi) is 6.18. The fourth-order valence-corrected chi connectivity index (χ4v) is 2.34. The van der Waals surface area contributed by atoms with Gasteiger partial charge in [0.25, 0.3) is 5.91 Å². The monoisotopic (exact) mass is 335 g/mol. The molecule has 6 heteroatoms. The van der Waals surface area contributed by atoms with Gasteiger partial charge >= 0.3 is 5.97 Å². The molecule has 1 aromatic carbocycles. The summed E-state index contributed by atoms with van der Waals surface area (Å²) in [6, 6.07) is 10.8. The largest absolute Gasteiger partial charge is 0.452 e. The van der Waals surface area contributed by atoms with Crippen LogP contribution in [-0.4, -0.2) is 18.5 Å². The predicted molar refractivity (Wildman–Crippen MR) is 87.6 cm³/mol. The molecule has 4 nitrogen and oxygen atoms in total.